The van der Waals surface area contributed by atoms with Crippen molar-refractivity contribution in [3.63, 3.8) is 0 Å². The molecule has 1 N–H and O–H groups in total. The monoisotopic (exact) mass is 256 g/mol. The minimum atomic E-state index is 0.00182. The minimum Gasteiger partial charge on any atom is -0.486 e. The Balaban J connectivity index is 1.99. The first-order chi connectivity index (χ1) is 7.78. The second-order valence-corrected chi connectivity index (χ2v) is 4.69. The zero-order valence-electron chi connectivity index (χ0n) is 8.26. The molecule has 1 heterocycles. The molecule has 0 saturated carbocycles. The van der Waals surface area contributed by atoms with E-state index in [1.807, 2.05) is 18.2 Å². The van der Waals surface area contributed by atoms with E-state index in [1.165, 1.54) is 11.3 Å². The molecule has 16 heavy (non-hydrogen) atoms. The summed E-state index contributed by atoms with van der Waals surface area (Å²) in [6.07, 6.45) is 0. The van der Waals surface area contributed by atoms with Crippen LogP contribution in [0.1, 0.15) is 10.6 Å². The molecule has 4 nitrogen and oxygen atoms in total. The van der Waals surface area contributed by atoms with E-state index in [0.717, 1.165) is 10.6 Å². The molecule has 1 aromatic heterocycles. The highest BCUT2D eigenvalue weighted by molar-refractivity contribution is 7.15. The molecule has 1 aromatic carbocycles. The Hall–Kier alpha value is -1.17. The van der Waals surface area contributed by atoms with Crippen LogP contribution in [0.15, 0.2) is 24.3 Å². The average Bonchev–Trinajstić information content (AvgIpc) is 2.73. The lowest BCUT2D eigenvalue weighted by Crippen LogP contribution is -1.95. The summed E-state index contributed by atoms with van der Waals surface area (Å²) >= 11 is 6.93. The fourth-order valence-corrected chi connectivity index (χ4v) is 1.95. The third-order valence-corrected chi connectivity index (χ3v) is 2.88. The number of rotatable bonds is 4. The lowest BCUT2D eigenvalue weighted by molar-refractivity contribution is 0.278. The van der Waals surface area contributed by atoms with Gasteiger partial charge in [0, 0.05) is 0 Å². The smallest absolute Gasteiger partial charge is 0.207 e. The van der Waals surface area contributed by atoms with E-state index in [-0.39, 0.29) is 6.61 Å². The largest absolute Gasteiger partial charge is 0.486 e. The zero-order valence-corrected chi connectivity index (χ0v) is 9.83. The lowest BCUT2D eigenvalue weighted by atomic mass is 10.2. The van der Waals surface area contributed by atoms with Crippen LogP contribution in [0.4, 0.5) is 0 Å². The third-order valence-electron chi connectivity index (χ3n) is 1.89. The fourth-order valence-electron chi connectivity index (χ4n) is 1.17. The van der Waals surface area contributed by atoms with Gasteiger partial charge in [0.1, 0.15) is 12.4 Å². The van der Waals surface area contributed by atoms with Gasteiger partial charge < -0.3 is 9.84 Å². The van der Waals surface area contributed by atoms with Crippen LogP contribution in [0.25, 0.3) is 0 Å². The molecule has 0 atom stereocenters. The summed E-state index contributed by atoms with van der Waals surface area (Å²) in [7, 11) is 0. The predicted molar refractivity (Wildman–Crippen MR) is 61.6 cm³/mol. The van der Waals surface area contributed by atoms with E-state index in [1.54, 1.807) is 6.07 Å². The van der Waals surface area contributed by atoms with Crippen molar-refractivity contribution in [1.29, 1.82) is 0 Å². The molecule has 0 fully saturated rings. The maximum absolute atomic E-state index is 8.96. The number of hydrogen-bond acceptors (Lipinski definition) is 5. The Labute approximate surface area is 101 Å². The van der Waals surface area contributed by atoms with Crippen LogP contribution in [-0.4, -0.2) is 15.3 Å². The first kappa shape index (κ1) is 11.3. The molecule has 0 aliphatic heterocycles. The van der Waals surface area contributed by atoms with Gasteiger partial charge in [-0.15, -0.1) is 10.2 Å². The van der Waals surface area contributed by atoms with E-state index in [2.05, 4.69) is 10.2 Å². The molecule has 2 aromatic rings. The number of ether oxygens (including phenoxy) is 1. The van der Waals surface area contributed by atoms with Crippen LogP contribution in [0.2, 0.25) is 4.47 Å². The fraction of sp³-hybridized carbons (Fsp3) is 0.200. The van der Waals surface area contributed by atoms with Crippen LogP contribution in [0.3, 0.4) is 0 Å². The van der Waals surface area contributed by atoms with Gasteiger partial charge >= 0.3 is 0 Å². The molecular weight excluding hydrogens is 248 g/mol. The molecule has 0 aliphatic rings. The van der Waals surface area contributed by atoms with Crippen molar-refractivity contribution in [3.05, 3.63) is 39.3 Å². The second-order valence-electron chi connectivity index (χ2n) is 3.04. The van der Waals surface area contributed by atoms with Gasteiger partial charge in [0.05, 0.1) is 6.61 Å². The number of aliphatic hydroxyl groups is 1. The summed E-state index contributed by atoms with van der Waals surface area (Å²) in [5, 5.41) is 17.2. The van der Waals surface area contributed by atoms with Gasteiger partial charge in [-0.2, -0.15) is 0 Å². The summed E-state index contributed by atoms with van der Waals surface area (Å²) in [5.74, 6) is 0.692. The molecule has 0 bridgehead atoms. The van der Waals surface area contributed by atoms with Gasteiger partial charge in [-0.25, -0.2) is 0 Å². The quantitative estimate of drug-likeness (QED) is 0.912. The summed E-state index contributed by atoms with van der Waals surface area (Å²) in [4.78, 5) is 0. The third kappa shape index (κ3) is 2.91. The molecule has 0 radical (unpaired) electrons. The topological polar surface area (TPSA) is 55.2 Å². The normalized spacial score (nSPS) is 10.4. The van der Waals surface area contributed by atoms with Gasteiger partial charge in [0.2, 0.25) is 4.47 Å². The SMILES string of the molecule is OCc1cccc(OCc2nnc(Cl)s2)c1. The zero-order chi connectivity index (χ0) is 11.4. The van der Waals surface area contributed by atoms with Crippen LogP contribution in [-0.2, 0) is 13.2 Å². The van der Waals surface area contributed by atoms with E-state index in [4.69, 9.17) is 21.4 Å². The predicted octanol–water partition coefficient (Wildman–Crippen LogP) is 2.26. The standard InChI is InChI=1S/C10H9ClN2O2S/c11-10-13-12-9(16-10)6-15-8-3-1-2-7(4-8)5-14/h1-4,14H,5-6H2. The van der Waals surface area contributed by atoms with Gasteiger partial charge in [0.15, 0.2) is 5.01 Å². The Morgan fingerprint density at radius 1 is 1.38 bits per heavy atom. The Morgan fingerprint density at radius 3 is 2.94 bits per heavy atom. The van der Waals surface area contributed by atoms with Crippen molar-refractivity contribution in [2.24, 2.45) is 0 Å². The highest BCUT2D eigenvalue weighted by Crippen LogP contribution is 2.18. The highest BCUT2D eigenvalue weighted by atomic mass is 35.5. The van der Waals surface area contributed by atoms with Crippen molar-refractivity contribution in [2.75, 3.05) is 0 Å². The summed E-state index contributed by atoms with van der Waals surface area (Å²) < 4.78 is 5.89. The first-order valence-corrected chi connectivity index (χ1v) is 5.78. The molecule has 84 valence electrons. The highest BCUT2D eigenvalue weighted by Gasteiger charge is 2.03. The Kier molecular flexibility index (Phi) is 3.71. The average molecular weight is 257 g/mol. The van der Waals surface area contributed by atoms with Crippen molar-refractivity contribution >= 4 is 22.9 Å². The number of nitrogens with zero attached hydrogens (tertiary/aromatic N) is 2. The van der Waals surface area contributed by atoms with Crippen molar-refractivity contribution in [1.82, 2.24) is 10.2 Å². The maximum Gasteiger partial charge on any atom is 0.207 e. The molecule has 0 spiro atoms. The van der Waals surface area contributed by atoms with E-state index in [9.17, 15) is 0 Å². The molecule has 6 heteroatoms. The van der Waals surface area contributed by atoms with Crippen LogP contribution < -0.4 is 4.74 Å². The summed E-state index contributed by atoms with van der Waals surface area (Å²) in [6.45, 7) is 0.334. The van der Waals surface area contributed by atoms with Crippen LogP contribution in [0.5, 0.6) is 5.75 Å². The Morgan fingerprint density at radius 2 is 2.25 bits per heavy atom. The summed E-state index contributed by atoms with van der Waals surface area (Å²) in [5.41, 5.74) is 0.813. The van der Waals surface area contributed by atoms with E-state index in [0.29, 0.717) is 16.8 Å². The number of hydrogen-bond donors (Lipinski definition) is 1. The van der Waals surface area contributed by atoms with Gasteiger partial charge in [-0.3, -0.25) is 0 Å². The maximum atomic E-state index is 8.96. The molecule has 0 saturated heterocycles. The van der Waals surface area contributed by atoms with Crippen LogP contribution in [0, 0.1) is 0 Å². The van der Waals surface area contributed by atoms with E-state index >= 15 is 0 Å². The van der Waals surface area contributed by atoms with Gasteiger partial charge in [-0.05, 0) is 29.3 Å². The van der Waals surface area contributed by atoms with Gasteiger partial charge in [0.25, 0.3) is 0 Å². The summed E-state index contributed by atoms with van der Waals surface area (Å²) in [6, 6.07) is 7.26. The molecule has 2 rings (SSSR count). The van der Waals surface area contributed by atoms with Crippen molar-refractivity contribution < 1.29 is 9.84 Å². The molecular formula is C10H9ClN2O2S. The number of halogens is 1. The molecule has 0 amide bonds. The van der Waals surface area contributed by atoms with Crippen molar-refractivity contribution in [3.8, 4) is 5.75 Å². The first-order valence-electron chi connectivity index (χ1n) is 4.58. The molecule has 0 aliphatic carbocycles. The number of aromatic nitrogens is 2. The lowest BCUT2D eigenvalue weighted by Gasteiger charge is -2.04. The van der Waals surface area contributed by atoms with Crippen molar-refractivity contribution in [2.45, 2.75) is 13.2 Å². The van der Waals surface area contributed by atoms with Gasteiger partial charge in [-0.1, -0.05) is 23.5 Å². The minimum absolute atomic E-state index is 0.00182. The van der Waals surface area contributed by atoms with Crippen LogP contribution >= 0.6 is 22.9 Å². The Bertz CT molecular complexity index is 475. The number of benzene rings is 1. The number of aliphatic hydroxyl groups excluding tert-OH is 1. The van der Waals surface area contributed by atoms with E-state index < -0.39 is 0 Å². The molecule has 0 unspecified atom stereocenters. The second kappa shape index (κ2) is 5.25.